The van der Waals surface area contributed by atoms with E-state index in [-0.39, 0.29) is 17.1 Å². The topological polar surface area (TPSA) is 69.0 Å². The molecule has 6 nitrogen and oxygen atoms in total. The van der Waals surface area contributed by atoms with Crippen molar-refractivity contribution in [2.75, 3.05) is 18.6 Å². The van der Waals surface area contributed by atoms with Gasteiger partial charge in [-0.2, -0.15) is 0 Å². The van der Waals surface area contributed by atoms with E-state index in [0.717, 1.165) is 23.1 Å². The quantitative estimate of drug-likeness (QED) is 0.349. The summed E-state index contributed by atoms with van der Waals surface area (Å²) in [5.41, 5.74) is 3.91. The molecule has 5 rings (SSSR count). The average Bonchev–Trinajstić information content (AvgIpc) is 3.16. The van der Waals surface area contributed by atoms with Gasteiger partial charge in [0, 0.05) is 11.8 Å². The Bertz CT molecular complexity index is 1500. The van der Waals surface area contributed by atoms with Crippen LogP contribution >= 0.6 is 0 Å². The van der Waals surface area contributed by atoms with Gasteiger partial charge >= 0.3 is 0 Å². The zero-order chi connectivity index (χ0) is 24.7. The van der Waals surface area contributed by atoms with Crippen LogP contribution in [0.2, 0.25) is 0 Å². The Labute approximate surface area is 203 Å². The van der Waals surface area contributed by atoms with Gasteiger partial charge in [0.1, 0.15) is 17.1 Å². The van der Waals surface area contributed by atoms with Crippen molar-refractivity contribution in [3.63, 3.8) is 0 Å². The summed E-state index contributed by atoms with van der Waals surface area (Å²) in [5.74, 6) is 1.00. The summed E-state index contributed by atoms with van der Waals surface area (Å²) in [6, 6.07) is 17.8. The van der Waals surface area contributed by atoms with Crippen LogP contribution in [0.3, 0.4) is 0 Å². The summed E-state index contributed by atoms with van der Waals surface area (Å²) < 4.78 is 17.4. The minimum absolute atomic E-state index is 0.0680. The van der Waals surface area contributed by atoms with Crippen molar-refractivity contribution in [2.45, 2.75) is 33.2 Å². The van der Waals surface area contributed by atoms with Crippen molar-refractivity contribution in [1.29, 1.82) is 0 Å². The lowest BCUT2D eigenvalue weighted by Crippen LogP contribution is -2.29. The van der Waals surface area contributed by atoms with Crippen LogP contribution < -0.4 is 19.8 Å². The lowest BCUT2D eigenvalue weighted by molar-refractivity contribution is 0.0971. The zero-order valence-corrected chi connectivity index (χ0v) is 20.3. The lowest BCUT2D eigenvalue weighted by Gasteiger charge is -2.26. The predicted molar refractivity (Wildman–Crippen MR) is 136 cm³/mol. The van der Waals surface area contributed by atoms with E-state index in [1.54, 1.807) is 18.1 Å². The number of amides is 1. The van der Waals surface area contributed by atoms with Gasteiger partial charge in [-0.3, -0.25) is 14.5 Å². The van der Waals surface area contributed by atoms with Crippen molar-refractivity contribution in [3.05, 3.63) is 98.9 Å². The molecule has 2 heterocycles. The van der Waals surface area contributed by atoms with E-state index in [1.807, 2.05) is 75.4 Å². The number of ether oxygens (including phenoxy) is 2. The number of aryl methyl sites for hydroxylation is 2. The van der Waals surface area contributed by atoms with Crippen LogP contribution in [-0.2, 0) is 0 Å². The molecule has 1 aliphatic rings. The molecule has 0 saturated heterocycles. The summed E-state index contributed by atoms with van der Waals surface area (Å²) in [6.07, 6.45) is 0.874. The number of benzene rings is 3. The number of fused-ring (bicyclic) bond motifs is 2. The van der Waals surface area contributed by atoms with Crippen molar-refractivity contribution in [3.8, 4) is 11.5 Å². The molecule has 1 atom stereocenters. The summed E-state index contributed by atoms with van der Waals surface area (Å²) in [5, 5.41) is 0.468. The normalized spacial score (nSPS) is 14.9. The van der Waals surface area contributed by atoms with Gasteiger partial charge in [0.2, 0.25) is 5.76 Å². The van der Waals surface area contributed by atoms with Gasteiger partial charge < -0.3 is 13.9 Å². The molecule has 0 N–H and O–H groups in total. The van der Waals surface area contributed by atoms with Gasteiger partial charge in [0.05, 0.1) is 30.7 Å². The summed E-state index contributed by atoms with van der Waals surface area (Å²) >= 11 is 0. The van der Waals surface area contributed by atoms with Crippen LogP contribution in [0.1, 0.15) is 52.2 Å². The van der Waals surface area contributed by atoms with Crippen molar-refractivity contribution < 1.29 is 18.7 Å². The first-order chi connectivity index (χ1) is 16.9. The number of hydrogen-bond donors (Lipinski definition) is 0. The molecule has 0 spiro atoms. The molecule has 3 aromatic carbocycles. The van der Waals surface area contributed by atoms with Gasteiger partial charge in [-0.1, -0.05) is 25.1 Å². The Morgan fingerprint density at radius 3 is 2.46 bits per heavy atom. The van der Waals surface area contributed by atoms with Gasteiger partial charge in [-0.25, -0.2) is 0 Å². The van der Waals surface area contributed by atoms with E-state index in [4.69, 9.17) is 13.9 Å². The van der Waals surface area contributed by atoms with Crippen LogP contribution in [0.5, 0.6) is 11.5 Å². The lowest BCUT2D eigenvalue weighted by atomic mass is 9.97. The molecular weight excluding hydrogens is 442 g/mol. The molecule has 1 aromatic heterocycles. The predicted octanol–water partition coefficient (Wildman–Crippen LogP) is 5.96. The van der Waals surface area contributed by atoms with E-state index < -0.39 is 6.04 Å². The third-order valence-electron chi connectivity index (χ3n) is 6.46. The third-order valence-corrected chi connectivity index (χ3v) is 6.46. The second kappa shape index (κ2) is 8.95. The van der Waals surface area contributed by atoms with E-state index in [9.17, 15) is 9.59 Å². The molecule has 1 amide bonds. The molecule has 1 aliphatic heterocycles. The van der Waals surface area contributed by atoms with E-state index in [0.29, 0.717) is 40.3 Å². The van der Waals surface area contributed by atoms with Crippen LogP contribution in [-0.4, -0.2) is 19.6 Å². The highest BCUT2D eigenvalue weighted by Gasteiger charge is 2.44. The van der Waals surface area contributed by atoms with E-state index >= 15 is 0 Å². The first-order valence-corrected chi connectivity index (χ1v) is 11.7. The maximum absolute atomic E-state index is 13.9. The molecule has 178 valence electrons. The molecule has 0 radical (unpaired) electrons. The Kier molecular flexibility index (Phi) is 5.81. The van der Waals surface area contributed by atoms with E-state index in [2.05, 4.69) is 0 Å². The molecule has 0 saturated carbocycles. The van der Waals surface area contributed by atoms with Crippen LogP contribution in [0.4, 0.5) is 5.69 Å². The SMILES string of the molecule is CCCOc1cccc(C2c3c(oc4cc(C)c(C)cc4c3=O)C(=O)N2c2cccc(OC)c2)c1. The molecule has 0 fully saturated rings. The van der Waals surface area contributed by atoms with Crippen LogP contribution in [0.25, 0.3) is 11.0 Å². The Morgan fingerprint density at radius 2 is 1.69 bits per heavy atom. The van der Waals surface area contributed by atoms with Crippen molar-refractivity contribution in [2.24, 2.45) is 0 Å². The minimum atomic E-state index is -0.669. The number of rotatable bonds is 6. The van der Waals surface area contributed by atoms with E-state index in [1.165, 1.54) is 0 Å². The smallest absolute Gasteiger partial charge is 0.295 e. The number of carbonyl (C=O) groups excluding carboxylic acids is 1. The van der Waals surface area contributed by atoms with Crippen molar-refractivity contribution in [1.82, 2.24) is 0 Å². The highest BCUT2D eigenvalue weighted by molar-refractivity contribution is 6.10. The first kappa shape index (κ1) is 22.7. The van der Waals surface area contributed by atoms with Crippen molar-refractivity contribution >= 4 is 22.6 Å². The number of anilines is 1. The summed E-state index contributed by atoms with van der Waals surface area (Å²) in [4.78, 5) is 29.3. The number of methoxy groups -OCH3 is 1. The van der Waals surface area contributed by atoms with Gasteiger partial charge in [-0.15, -0.1) is 0 Å². The average molecular weight is 470 g/mol. The number of carbonyl (C=O) groups is 1. The second-order valence-corrected chi connectivity index (χ2v) is 8.81. The standard InChI is InChI=1S/C29H27NO5/c1-5-12-34-22-11-6-8-19(15-22)26-25-27(31)23-13-17(2)18(3)14-24(23)35-28(25)29(32)30(26)20-9-7-10-21(16-20)33-4/h6-11,13-16,26H,5,12H2,1-4H3. The minimum Gasteiger partial charge on any atom is -0.497 e. The summed E-state index contributed by atoms with van der Waals surface area (Å²) in [7, 11) is 1.58. The fourth-order valence-corrected chi connectivity index (χ4v) is 4.56. The molecule has 35 heavy (non-hydrogen) atoms. The monoisotopic (exact) mass is 469 g/mol. The Balaban J connectivity index is 1.77. The number of hydrogen-bond acceptors (Lipinski definition) is 5. The largest absolute Gasteiger partial charge is 0.497 e. The van der Waals surface area contributed by atoms with Crippen LogP contribution in [0, 0.1) is 13.8 Å². The molecule has 0 aliphatic carbocycles. The zero-order valence-electron chi connectivity index (χ0n) is 20.3. The maximum atomic E-state index is 13.9. The van der Waals surface area contributed by atoms with Gasteiger partial charge in [0.15, 0.2) is 5.43 Å². The Morgan fingerprint density at radius 1 is 0.943 bits per heavy atom. The maximum Gasteiger partial charge on any atom is 0.295 e. The summed E-state index contributed by atoms with van der Waals surface area (Å²) in [6.45, 7) is 6.53. The highest BCUT2D eigenvalue weighted by atomic mass is 16.5. The highest BCUT2D eigenvalue weighted by Crippen LogP contribution is 2.42. The molecular formula is C29H27NO5. The fraction of sp³-hybridized carbons (Fsp3) is 0.241. The fourth-order valence-electron chi connectivity index (χ4n) is 4.56. The van der Waals surface area contributed by atoms with Gasteiger partial charge in [-0.05, 0) is 73.4 Å². The Hall–Kier alpha value is -4.06. The second-order valence-electron chi connectivity index (χ2n) is 8.81. The molecule has 4 aromatic rings. The van der Waals surface area contributed by atoms with Crippen LogP contribution in [0.15, 0.2) is 69.9 Å². The molecule has 0 bridgehead atoms. The molecule has 1 unspecified atom stereocenters. The van der Waals surface area contributed by atoms with Gasteiger partial charge in [0.25, 0.3) is 5.91 Å². The number of nitrogens with zero attached hydrogens (tertiary/aromatic N) is 1. The molecule has 6 heteroatoms. The third kappa shape index (κ3) is 3.85. The first-order valence-electron chi connectivity index (χ1n) is 11.7.